The van der Waals surface area contributed by atoms with E-state index in [4.69, 9.17) is 23.8 Å². The summed E-state index contributed by atoms with van der Waals surface area (Å²) >= 11 is 12.5. The summed E-state index contributed by atoms with van der Waals surface area (Å²) < 4.78 is 0.821. The van der Waals surface area contributed by atoms with E-state index in [1.54, 1.807) is 11.3 Å². The SMILES string of the molecule is S=c1[nH]cc(Cc2cccc(Cl)c2)s1. The third kappa shape index (κ3) is 2.44. The average Bonchev–Trinajstić information content (AvgIpc) is 2.51. The molecule has 0 fully saturated rings. The molecule has 0 bridgehead atoms. The van der Waals surface area contributed by atoms with E-state index in [0.29, 0.717) is 0 Å². The molecule has 0 saturated heterocycles. The Morgan fingerprint density at radius 1 is 1.43 bits per heavy atom. The Labute approximate surface area is 96.4 Å². The molecule has 4 heteroatoms. The van der Waals surface area contributed by atoms with E-state index in [1.807, 2.05) is 24.4 Å². The number of H-pyrrole nitrogens is 1. The molecule has 1 aromatic heterocycles. The van der Waals surface area contributed by atoms with Crippen LogP contribution in [0.1, 0.15) is 10.4 Å². The molecular formula is C10H8ClNS2. The predicted octanol–water partition coefficient (Wildman–Crippen LogP) is 4.05. The number of rotatable bonds is 2. The molecule has 0 atom stereocenters. The Balaban J connectivity index is 2.22. The van der Waals surface area contributed by atoms with Gasteiger partial charge in [0, 0.05) is 22.5 Å². The van der Waals surface area contributed by atoms with Gasteiger partial charge in [0.05, 0.1) is 0 Å². The first-order valence-electron chi connectivity index (χ1n) is 4.16. The lowest BCUT2D eigenvalue weighted by atomic mass is 10.1. The molecule has 2 rings (SSSR count). The van der Waals surface area contributed by atoms with E-state index < -0.39 is 0 Å². The van der Waals surface area contributed by atoms with Crippen molar-refractivity contribution in [1.29, 1.82) is 0 Å². The molecule has 72 valence electrons. The van der Waals surface area contributed by atoms with E-state index >= 15 is 0 Å². The molecule has 14 heavy (non-hydrogen) atoms. The summed E-state index contributed by atoms with van der Waals surface area (Å²) in [5.41, 5.74) is 1.21. The van der Waals surface area contributed by atoms with Gasteiger partial charge in [-0.05, 0) is 29.9 Å². The van der Waals surface area contributed by atoms with Gasteiger partial charge < -0.3 is 4.98 Å². The van der Waals surface area contributed by atoms with Gasteiger partial charge in [-0.3, -0.25) is 0 Å². The number of nitrogens with one attached hydrogen (secondary N) is 1. The van der Waals surface area contributed by atoms with E-state index in [0.717, 1.165) is 15.4 Å². The Bertz CT molecular complexity index is 487. The fourth-order valence-electron chi connectivity index (χ4n) is 1.25. The highest BCUT2D eigenvalue weighted by molar-refractivity contribution is 7.73. The molecule has 0 amide bonds. The van der Waals surface area contributed by atoms with Crippen LogP contribution in [0.15, 0.2) is 30.5 Å². The third-order valence-corrected chi connectivity index (χ3v) is 3.27. The Morgan fingerprint density at radius 2 is 2.29 bits per heavy atom. The molecular weight excluding hydrogens is 234 g/mol. The summed E-state index contributed by atoms with van der Waals surface area (Å²) in [5, 5.41) is 0.779. The second kappa shape index (κ2) is 4.26. The van der Waals surface area contributed by atoms with Crippen LogP contribution in [0.5, 0.6) is 0 Å². The van der Waals surface area contributed by atoms with Crippen LogP contribution in [-0.2, 0) is 6.42 Å². The number of aromatic amines is 1. The van der Waals surface area contributed by atoms with Gasteiger partial charge in [0.15, 0.2) is 3.95 Å². The third-order valence-electron chi connectivity index (χ3n) is 1.84. The maximum Gasteiger partial charge on any atom is 0.158 e. The van der Waals surface area contributed by atoms with E-state index in [9.17, 15) is 0 Å². The first kappa shape index (κ1) is 9.90. The molecule has 0 unspecified atom stereocenters. The number of thiazole rings is 1. The molecule has 0 aliphatic rings. The first-order valence-corrected chi connectivity index (χ1v) is 5.76. The predicted molar refractivity (Wildman–Crippen MR) is 63.8 cm³/mol. The fraction of sp³-hybridized carbons (Fsp3) is 0.100. The second-order valence-electron chi connectivity index (χ2n) is 2.95. The minimum Gasteiger partial charge on any atom is -0.343 e. The zero-order chi connectivity index (χ0) is 9.97. The second-order valence-corrected chi connectivity index (χ2v) is 5.19. The van der Waals surface area contributed by atoms with Gasteiger partial charge in [0.25, 0.3) is 0 Å². The lowest BCUT2D eigenvalue weighted by Gasteiger charge is -1.98. The van der Waals surface area contributed by atoms with Gasteiger partial charge in [-0.15, -0.1) is 11.3 Å². The highest BCUT2D eigenvalue weighted by Crippen LogP contribution is 2.17. The van der Waals surface area contributed by atoms with Crippen LogP contribution in [-0.4, -0.2) is 4.98 Å². The Kier molecular flexibility index (Phi) is 3.01. The normalized spacial score (nSPS) is 10.4. The van der Waals surface area contributed by atoms with Crippen molar-refractivity contribution in [2.75, 3.05) is 0 Å². The number of hydrogen-bond acceptors (Lipinski definition) is 2. The monoisotopic (exact) mass is 241 g/mol. The fourth-order valence-corrected chi connectivity index (χ4v) is 2.56. The topological polar surface area (TPSA) is 15.8 Å². The smallest absolute Gasteiger partial charge is 0.158 e. The molecule has 0 saturated carbocycles. The zero-order valence-electron chi connectivity index (χ0n) is 7.29. The minimum absolute atomic E-state index is 0.779. The minimum atomic E-state index is 0.779. The van der Waals surface area contributed by atoms with Crippen LogP contribution in [0.4, 0.5) is 0 Å². The van der Waals surface area contributed by atoms with Crippen molar-refractivity contribution < 1.29 is 0 Å². The van der Waals surface area contributed by atoms with Crippen LogP contribution in [0.2, 0.25) is 5.02 Å². The molecule has 1 aromatic carbocycles. The lowest BCUT2D eigenvalue weighted by Crippen LogP contribution is -1.83. The van der Waals surface area contributed by atoms with Crippen LogP contribution in [0.3, 0.4) is 0 Å². The summed E-state index contributed by atoms with van der Waals surface area (Å²) in [6.45, 7) is 0. The van der Waals surface area contributed by atoms with Crippen molar-refractivity contribution in [1.82, 2.24) is 4.98 Å². The summed E-state index contributed by atoms with van der Waals surface area (Å²) in [6.07, 6.45) is 2.84. The van der Waals surface area contributed by atoms with Crippen LogP contribution in [0.25, 0.3) is 0 Å². The van der Waals surface area contributed by atoms with Gasteiger partial charge in [-0.2, -0.15) is 0 Å². The molecule has 0 radical (unpaired) electrons. The van der Waals surface area contributed by atoms with Crippen LogP contribution < -0.4 is 0 Å². The molecule has 0 aliphatic heterocycles. The van der Waals surface area contributed by atoms with Gasteiger partial charge in [0.1, 0.15) is 0 Å². The molecule has 1 N–H and O–H groups in total. The Morgan fingerprint density at radius 3 is 2.93 bits per heavy atom. The highest BCUT2D eigenvalue weighted by atomic mass is 35.5. The van der Waals surface area contributed by atoms with E-state index in [-0.39, 0.29) is 0 Å². The number of halogens is 1. The Hall–Kier alpha value is -0.640. The summed E-state index contributed by atoms with van der Waals surface area (Å²) in [7, 11) is 0. The maximum atomic E-state index is 5.89. The van der Waals surface area contributed by atoms with E-state index in [2.05, 4.69) is 11.1 Å². The van der Waals surface area contributed by atoms with Crippen molar-refractivity contribution in [3.05, 3.63) is 49.9 Å². The molecule has 0 aliphatic carbocycles. The van der Waals surface area contributed by atoms with Gasteiger partial charge in [-0.1, -0.05) is 23.7 Å². The standard InChI is InChI=1S/C10H8ClNS2/c11-8-3-1-2-7(4-8)5-9-6-12-10(13)14-9/h1-4,6H,5H2,(H,12,13). The summed E-state index contributed by atoms with van der Waals surface area (Å²) in [6, 6.07) is 7.88. The van der Waals surface area contributed by atoms with Crippen LogP contribution in [0, 0.1) is 3.95 Å². The lowest BCUT2D eigenvalue weighted by molar-refractivity contribution is 1.22. The van der Waals surface area contributed by atoms with Crippen molar-refractivity contribution in [3.8, 4) is 0 Å². The van der Waals surface area contributed by atoms with Crippen molar-refractivity contribution in [3.63, 3.8) is 0 Å². The zero-order valence-corrected chi connectivity index (χ0v) is 9.68. The molecule has 0 spiro atoms. The molecule has 1 heterocycles. The average molecular weight is 242 g/mol. The number of hydrogen-bond donors (Lipinski definition) is 1. The largest absolute Gasteiger partial charge is 0.343 e. The van der Waals surface area contributed by atoms with Crippen molar-refractivity contribution >= 4 is 35.2 Å². The quantitative estimate of drug-likeness (QED) is 0.785. The van der Waals surface area contributed by atoms with Crippen LogP contribution >= 0.6 is 35.2 Å². The van der Waals surface area contributed by atoms with Crippen molar-refractivity contribution in [2.24, 2.45) is 0 Å². The number of aromatic nitrogens is 1. The van der Waals surface area contributed by atoms with Gasteiger partial charge >= 0.3 is 0 Å². The first-order chi connectivity index (χ1) is 6.74. The molecule has 2 aromatic rings. The highest BCUT2D eigenvalue weighted by Gasteiger charge is 1.98. The maximum absolute atomic E-state index is 5.89. The van der Waals surface area contributed by atoms with E-state index in [1.165, 1.54) is 10.4 Å². The van der Waals surface area contributed by atoms with Gasteiger partial charge in [-0.25, -0.2) is 0 Å². The summed E-state index contributed by atoms with van der Waals surface area (Å²) in [4.78, 5) is 4.24. The summed E-state index contributed by atoms with van der Waals surface area (Å²) in [5.74, 6) is 0. The van der Waals surface area contributed by atoms with Crippen molar-refractivity contribution in [2.45, 2.75) is 6.42 Å². The molecule has 1 nitrogen and oxygen atoms in total. The van der Waals surface area contributed by atoms with Gasteiger partial charge in [0.2, 0.25) is 0 Å². The number of benzene rings is 1.